The minimum absolute atomic E-state index is 0.0972. The number of hydrogen-bond acceptors (Lipinski definition) is 2. The number of carbonyl (C=O) groups excluding carboxylic acids is 1. The molecule has 0 amide bonds. The number of carbonyl (C=O) groups is 1. The number of Topliss-reactive ketones (excluding diaryl/α,β-unsaturated/α-hetero) is 1. The average molecular weight is 218 g/mol. The van der Waals surface area contributed by atoms with Crippen molar-refractivity contribution in [3.05, 3.63) is 35.9 Å². The standard InChI is InChI=1S/C14H18O2/c1-10-7-8-12(13(15)9-10)14(16)11-5-3-2-4-6-11/h2-6,10,12-13,15H,7-9H2,1H3/t10-,12-,13-/m1/s1. The number of aliphatic hydroxyl groups is 1. The maximum Gasteiger partial charge on any atom is 0.168 e. The molecule has 1 N–H and O–H groups in total. The lowest BCUT2D eigenvalue weighted by atomic mass is 9.77. The van der Waals surface area contributed by atoms with E-state index in [0.29, 0.717) is 5.92 Å². The Morgan fingerprint density at radius 3 is 2.56 bits per heavy atom. The molecule has 2 rings (SSSR count). The van der Waals surface area contributed by atoms with Crippen LogP contribution in [-0.2, 0) is 0 Å². The molecule has 2 nitrogen and oxygen atoms in total. The summed E-state index contributed by atoms with van der Waals surface area (Å²) >= 11 is 0. The Bertz CT molecular complexity index is 358. The predicted molar refractivity (Wildman–Crippen MR) is 63.3 cm³/mol. The zero-order valence-corrected chi connectivity index (χ0v) is 9.60. The minimum atomic E-state index is -0.462. The van der Waals surface area contributed by atoms with Crippen molar-refractivity contribution in [1.29, 1.82) is 0 Å². The number of benzene rings is 1. The van der Waals surface area contributed by atoms with Gasteiger partial charge in [0.25, 0.3) is 0 Å². The molecule has 0 radical (unpaired) electrons. The van der Waals surface area contributed by atoms with Crippen molar-refractivity contribution < 1.29 is 9.90 Å². The fraction of sp³-hybridized carbons (Fsp3) is 0.500. The van der Waals surface area contributed by atoms with Crippen molar-refractivity contribution in [2.24, 2.45) is 11.8 Å². The molecule has 1 aromatic rings. The van der Waals surface area contributed by atoms with E-state index in [1.807, 2.05) is 30.3 Å². The van der Waals surface area contributed by atoms with Gasteiger partial charge in [0.15, 0.2) is 5.78 Å². The first-order chi connectivity index (χ1) is 7.68. The van der Waals surface area contributed by atoms with Gasteiger partial charge >= 0.3 is 0 Å². The highest BCUT2D eigenvalue weighted by Gasteiger charge is 2.32. The summed E-state index contributed by atoms with van der Waals surface area (Å²) in [6, 6.07) is 9.28. The van der Waals surface area contributed by atoms with Crippen LogP contribution >= 0.6 is 0 Å². The van der Waals surface area contributed by atoms with Gasteiger partial charge in [0.05, 0.1) is 6.10 Å². The number of aliphatic hydroxyl groups excluding tert-OH is 1. The van der Waals surface area contributed by atoms with E-state index < -0.39 is 6.10 Å². The number of hydrogen-bond donors (Lipinski definition) is 1. The molecule has 1 aliphatic carbocycles. The van der Waals surface area contributed by atoms with E-state index in [0.717, 1.165) is 24.8 Å². The lowest BCUT2D eigenvalue weighted by molar-refractivity contribution is 0.0412. The van der Waals surface area contributed by atoms with Crippen LogP contribution in [-0.4, -0.2) is 17.0 Å². The molecule has 0 unspecified atom stereocenters. The fourth-order valence-corrected chi connectivity index (χ4v) is 2.47. The van der Waals surface area contributed by atoms with Crippen LogP contribution < -0.4 is 0 Å². The highest BCUT2D eigenvalue weighted by atomic mass is 16.3. The Hall–Kier alpha value is -1.15. The molecule has 2 heteroatoms. The van der Waals surface area contributed by atoms with Gasteiger partial charge in [0.1, 0.15) is 0 Å². The van der Waals surface area contributed by atoms with Crippen molar-refractivity contribution in [1.82, 2.24) is 0 Å². The molecule has 0 saturated heterocycles. The molecule has 0 aromatic heterocycles. The van der Waals surface area contributed by atoms with Gasteiger partial charge < -0.3 is 5.11 Å². The summed E-state index contributed by atoms with van der Waals surface area (Å²) < 4.78 is 0. The summed E-state index contributed by atoms with van der Waals surface area (Å²) in [5, 5.41) is 9.95. The molecule has 1 fully saturated rings. The van der Waals surface area contributed by atoms with E-state index in [9.17, 15) is 9.90 Å². The van der Waals surface area contributed by atoms with E-state index >= 15 is 0 Å². The molecule has 0 heterocycles. The van der Waals surface area contributed by atoms with E-state index in [4.69, 9.17) is 0 Å². The third kappa shape index (κ3) is 2.33. The molecule has 1 aromatic carbocycles. The van der Waals surface area contributed by atoms with Gasteiger partial charge in [0.2, 0.25) is 0 Å². The molecular weight excluding hydrogens is 200 g/mol. The predicted octanol–water partition coefficient (Wildman–Crippen LogP) is 2.67. The van der Waals surface area contributed by atoms with Crippen molar-refractivity contribution in [2.45, 2.75) is 32.3 Å². The molecular formula is C14H18O2. The second-order valence-electron chi connectivity index (χ2n) is 4.82. The van der Waals surface area contributed by atoms with E-state index in [1.54, 1.807) is 0 Å². The maximum atomic E-state index is 12.2. The molecule has 86 valence electrons. The Balaban J connectivity index is 2.11. The molecule has 0 bridgehead atoms. The van der Waals surface area contributed by atoms with Crippen molar-refractivity contribution in [3.63, 3.8) is 0 Å². The summed E-state index contributed by atoms with van der Waals surface area (Å²) in [4.78, 5) is 12.2. The Labute approximate surface area is 96.3 Å². The molecule has 1 aliphatic rings. The molecule has 0 aliphatic heterocycles. The van der Waals surface area contributed by atoms with Crippen LogP contribution in [0.5, 0.6) is 0 Å². The van der Waals surface area contributed by atoms with Gasteiger partial charge in [-0.25, -0.2) is 0 Å². The Kier molecular flexibility index (Phi) is 3.39. The topological polar surface area (TPSA) is 37.3 Å². The van der Waals surface area contributed by atoms with Crippen LogP contribution in [0.1, 0.15) is 36.5 Å². The number of rotatable bonds is 2. The zero-order chi connectivity index (χ0) is 11.5. The number of ketones is 1. The molecule has 16 heavy (non-hydrogen) atoms. The molecule has 1 saturated carbocycles. The average Bonchev–Trinajstić information content (AvgIpc) is 2.29. The second kappa shape index (κ2) is 4.79. The third-order valence-electron chi connectivity index (χ3n) is 3.47. The van der Waals surface area contributed by atoms with Gasteiger partial charge in [-0.1, -0.05) is 37.3 Å². The normalized spacial score (nSPS) is 30.0. The van der Waals surface area contributed by atoms with Crippen LogP contribution in [0, 0.1) is 11.8 Å². The summed E-state index contributed by atoms with van der Waals surface area (Å²) in [6.45, 7) is 2.13. The van der Waals surface area contributed by atoms with Gasteiger partial charge in [-0.3, -0.25) is 4.79 Å². The van der Waals surface area contributed by atoms with Crippen LogP contribution in [0.3, 0.4) is 0 Å². The van der Waals surface area contributed by atoms with Crippen LogP contribution in [0.25, 0.3) is 0 Å². The quantitative estimate of drug-likeness (QED) is 0.775. The van der Waals surface area contributed by atoms with Crippen molar-refractivity contribution in [3.8, 4) is 0 Å². The zero-order valence-electron chi connectivity index (χ0n) is 9.60. The van der Waals surface area contributed by atoms with Gasteiger partial charge in [-0.2, -0.15) is 0 Å². The maximum absolute atomic E-state index is 12.2. The lowest BCUT2D eigenvalue weighted by Crippen LogP contribution is -2.34. The fourth-order valence-electron chi connectivity index (χ4n) is 2.47. The van der Waals surface area contributed by atoms with Gasteiger partial charge in [-0.15, -0.1) is 0 Å². The molecule has 3 atom stereocenters. The van der Waals surface area contributed by atoms with Gasteiger partial charge in [-0.05, 0) is 25.2 Å². The Morgan fingerprint density at radius 1 is 1.25 bits per heavy atom. The second-order valence-corrected chi connectivity index (χ2v) is 4.82. The monoisotopic (exact) mass is 218 g/mol. The lowest BCUT2D eigenvalue weighted by Gasteiger charge is -2.30. The first kappa shape index (κ1) is 11.3. The first-order valence-electron chi connectivity index (χ1n) is 5.96. The third-order valence-corrected chi connectivity index (χ3v) is 3.47. The van der Waals surface area contributed by atoms with Crippen LogP contribution in [0.2, 0.25) is 0 Å². The highest BCUT2D eigenvalue weighted by molar-refractivity contribution is 5.98. The largest absolute Gasteiger partial charge is 0.392 e. The smallest absolute Gasteiger partial charge is 0.168 e. The van der Waals surface area contributed by atoms with Crippen LogP contribution in [0.15, 0.2) is 30.3 Å². The highest BCUT2D eigenvalue weighted by Crippen LogP contribution is 2.30. The van der Waals surface area contributed by atoms with E-state index in [2.05, 4.69) is 6.92 Å². The SMILES string of the molecule is C[C@@H]1CC[C@@H](C(=O)c2ccccc2)[C@H](O)C1. The molecule has 0 spiro atoms. The minimum Gasteiger partial charge on any atom is -0.392 e. The summed E-state index contributed by atoms with van der Waals surface area (Å²) in [7, 11) is 0. The Morgan fingerprint density at radius 2 is 1.94 bits per heavy atom. The first-order valence-corrected chi connectivity index (χ1v) is 5.96. The van der Waals surface area contributed by atoms with E-state index in [1.165, 1.54) is 0 Å². The summed E-state index contributed by atoms with van der Waals surface area (Å²) in [5.74, 6) is 0.438. The summed E-state index contributed by atoms with van der Waals surface area (Å²) in [5.41, 5.74) is 0.723. The van der Waals surface area contributed by atoms with E-state index in [-0.39, 0.29) is 11.7 Å². The van der Waals surface area contributed by atoms with Crippen LogP contribution in [0.4, 0.5) is 0 Å². The summed E-state index contributed by atoms with van der Waals surface area (Å²) in [6.07, 6.45) is 2.15. The van der Waals surface area contributed by atoms with Crippen molar-refractivity contribution in [2.75, 3.05) is 0 Å². The van der Waals surface area contributed by atoms with Gasteiger partial charge in [0, 0.05) is 11.5 Å². The van der Waals surface area contributed by atoms with Crippen molar-refractivity contribution >= 4 is 5.78 Å².